The van der Waals surface area contributed by atoms with Crippen LogP contribution in [0.5, 0.6) is 5.75 Å². The van der Waals surface area contributed by atoms with Crippen LogP contribution in [0.3, 0.4) is 0 Å². The first-order valence-electron chi connectivity index (χ1n) is 8.11. The van der Waals surface area contributed by atoms with Gasteiger partial charge in [0.1, 0.15) is 17.2 Å². The van der Waals surface area contributed by atoms with Gasteiger partial charge in [-0.15, -0.1) is 0 Å². The Balaban J connectivity index is 2.02. The van der Waals surface area contributed by atoms with E-state index >= 15 is 0 Å². The summed E-state index contributed by atoms with van der Waals surface area (Å²) in [6.07, 6.45) is 0.801. The highest BCUT2D eigenvalue weighted by Crippen LogP contribution is 2.55. The minimum Gasteiger partial charge on any atom is -0.489 e. The standard InChI is InChI=1S/C18H15ClF2O3S2/c19-11-2-4-12(5-3-11)26(22,23)18-8-1-9-25-15(18)10-24-17-14(21)7-6-13(20)16(17)18/h2-7,15H,1,8-10H2/t15?,18-/m1/s1. The van der Waals surface area contributed by atoms with Crippen molar-refractivity contribution in [3.05, 3.63) is 58.6 Å². The SMILES string of the molecule is O=S(=O)(c1ccc(Cl)cc1)[C@]12CCCSC1COc1c(F)ccc(F)c12. The minimum atomic E-state index is -4.02. The Morgan fingerprint density at radius 2 is 1.81 bits per heavy atom. The van der Waals surface area contributed by atoms with Gasteiger partial charge in [0.2, 0.25) is 0 Å². The van der Waals surface area contributed by atoms with Crippen molar-refractivity contribution < 1.29 is 21.9 Å². The third-order valence-electron chi connectivity index (χ3n) is 5.00. The van der Waals surface area contributed by atoms with Crippen LogP contribution in [-0.4, -0.2) is 26.0 Å². The van der Waals surface area contributed by atoms with Gasteiger partial charge in [-0.2, -0.15) is 11.8 Å². The second-order valence-electron chi connectivity index (χ2n) is 6.35. The van der Waals surface area contributed by atoms with Crippen LogP contribution in [0.2, 0.25) is 5.02 Å². The Hall–Kier alpha value is -1.31. The fraction of sp³-hybridized carbons (Fsp3) is 0.333. The molecule has 0 spiro atoms. The summed E-state index contributed by atoms with van der Waals surface area (Å²) in [4.78, 5) is 0.0471. The highest BCUT2D eigenvalue weighted by atomic mass is 35.5. The number of hydrogen-bond donors (Lipinski definition) is 0. The number of rotatable bonds is 2. The maximum Gasteiger partial charge on any atom is 0.189 e. The molecule has 2 aromatic carbocycles. The van der Waals surface area contributed by atoms with Crippen LogP contribution in [0.4, 0.5) is 8.78 Å². The van der Waals surface area contributed by atoms with E-state index in [0.717, 1.165) is 17.9 Å². The molecule has 0 N–H and O–H groups in total. The first-order chi connectivity index (χ1) is 12.4. The molecular formula is C18H15ClF2O3S2. The molecule has 0 amide bonds. The van der Waals surface area contributed by atoms with Gasteiger partial charge in [-0.1, -0.05) is 11.6 Å². The number of sulfone groups is 1. The van der Waals surface area contributed by atoms with Gasteiger partial charge in [-0.25, -0.2) is 17.2 Å². The largest absolute Gasteiger partial charge is 0.489 e. The zero-order chi connectivity index (χ0) is 18.5. The lowest BCUT2D eigenvalue weighted by Crippen LogP contribution is -2.53. The summed E-state index contributed by atoms with van der Waals surface area (Å²) >= 11 is 7.31. The molecule has 2 aliphatic rings. The highest BCUT2D eigenvalue weighted by molar-refractivity contribution is 8.01. The quantitative estimate of drug-likeness (QED) is 0.719. The molecule has 2 atom stereocenters. The molecule has 0 radical (unpaired) electrons. The predicted octanol–water partition coefficient (Wildman–Crippen LogP) is 4.58. The second kappa shape index (κ2) is 6.39. The third kappa shape index (κ3) is 2.47. The summed E-state index contributed by atoms with van der Waals surface area (Å²) in [6, 6.07) is 7.73. The number of hydrogen-bond acceptors (Lipinski definition) is 4. The number of halogens is 3. The smallest absolute Gasteiger partial charge is 0.189 e. The Morgan fingerprint density at radius 1 is 1.12 bits per heavy atom. The molecule has 8 heteroatoms. The summed E-state index contributed by atoms with van der Waals surface area (Å²) in [7, 11) is -4.02. The zero-order valence-corrected chi connectivity index (χ0v) is 15.9. The molecule has 2 aromatic rings. The van der Waals surface area contributed by atoms with Crippen molar-refractivity contribution in [2.24, 2.45) is 0 Å². The van der Waals surface area contributed by atoms with Crippen molar-refractivity contribution in [2.45, 2.75) is 27.7 Å². The molecule has 0 saturated carbocycles. The molecule has 1 fully saturated rings. The van der Waals surface area contributed by atoms with E-state index in [1.54, 1.807) is 0 Å². The van der Waals surface area contributed by atoms with Gasteiger partial charge in [-0.05, 0) is 55.0 Å². The minimum absolute atomic E-state index is 0.0187. The van der Waals surface area contributed by atoms with Crippen LogP contribution in [0.15, 0.2) is 41.3 Å². The van der Waals surface area contributed by atoms with Crippen molar-refractivity contribution in [3.8, 4) is 5.75 Å². The molecule has 0 aromatic heterocycles. The van der Waals surface area contributed by atoms with Gasteiger partial charge >= 0.3 is 0 Å². The summed E-state index contributed by atoms with van der Waals surface area (Å²) in [5, 5.41) is -0.110. The summed E-state index contributed by atoms with van der Waals surface area (Å²) in [5.41, 5.74) is -0.184. The lowest BCUT2D eigenvalue weighted by atomic mass is 9.86. The van der Waals surface area contributed by atoms with Crippen molar-refractivity contribution >= 4 is 33.2 Å². The van der Waals surface area contributed by atoms with E-state index in [1.165, 1.54) is 36.0 Å². The Morgan fingerprint density at radius 3 is 2.54 bits per heavy atom. The van der Waals surface area contributed by atoms with Crippen molar-refractivity contribution in [1.29, 1.82) is 0 Å². The molecule has 26 heavy (non-hydrogen) atoms. The van der Waals surface area contributed by atoms with Gasteiger partial charge in [-0.3, -0.25) is 0 Å². The van der Waals surface area contributed by atoms with Crippen LogP contribution in [0, 0.1) is 11.6 Å². The zero-order valence-electron chi connectivity index (χ0n) is 13.5. The van der Waals surface area contributed by atoms with Crippen molar-refractivity contribution in [2.75, 3.05) is 12.4 Å². The highest BCUT2D eigenvalue weighted by Gasteiger charge is 2.58. The van der Waals surface area contributed by atoms with E-state index in [-0.39, 0.29) is 29.2 Å². The van der Waals surface area contributed by atoms with E-state index in [9.17, 15) is 17.2 Å². The Bertz CT molecular complexity index is 963. The molecule has 1 unspecified atom stereocenters. The van der Waals surface area contributed by atoms with Gasteiger partial charge in [0.25, 0.3) is 0 Å². The Labute approximate surface area is 159 Å². The average Bonchev–Trinajstić information content (AvgIpc) is 2.64. The van der Waals surface area contributed by atoms with E-state index in [2.05, 4.69) is 0 Å². The van der Waals surface area contributed by atoms with Gasteiger partial charge in [0.05, 0.1) is 15.7 Å². The van der Waals surface area contributed by atoms with Crippen LogP contribution in [0.1, 0.15) is 18.4 Å². The lowest BCUT2D eigenvalue weighted by molar-refractivity contribution is 0.231. The number of ether oxygens (including phenoxy) is 1. The van der Waals surface area contributed by atoms with Gasteiger partial charge in [0, 0.05) is 5.02 Å². The van der Waals surface area contributed by atoms with Gasteiger partial charge < -0.3 is 4.74 Å². The molecule has 0 bridgehead atoms. The van der Waals surface area contributed by atoms with Crippen LogP contribution in [-0.2, 0) is 14.6 Å². The first-order valence-corrected chi connectivity index (χ1v) is 11.0. The molecule has 4 rings (SSSR count). The molecule has 0 aliphatic carbocycles. The molecule has 3 nitrogen and oxygen atoms in total. The third-order valence-corrected chi connectivity index (χ3v) is 9.41. The Kier molecular flexibility index (Phi) is 4.44. The fourth-order valence-corrected chi connectivity index (χ4v) is 7.99. The summed E-state index contributed by atoms with van der Waals surface area (Å²) in [5.74, 6) is -1.05. The van der Waals surface area contributed by atoms with E-state index in [1.807, 2.05) is 0 Å². The molecule has 2 aliphatic heterocycles. The maximum absolute atomic E-state index is 14.8. The normalized spacial score (nSPS) is 25.1. The van der Waals surface area contributed by atoms with Gasteiger partial charge in [0.15, 0.2) is 21.4 Å². The molecule has 138 valence electrons. The van der Waals surface area contributed by atoms with E-state index in [4.69, 9.17) is 16.3 Å². The number of thioether (sulfide) groups is 1. The molecule has 2 heterocycles. The number of fused-ring (bicyclic) bond motifs is 3. The topological polar surface area (TPSA) is 43.4 Å². The van der Waals surface area contributed by atoms with Crippen molar-refractivity contribution in [3.63, 3.8) is 0 Å². The van der Waals surface area contributed by atoms with E-state index < -0.39 is 31.5 Å². The van der Waals surface area contributed by atoms with E-state index in [0.29, 0.717) is 11.4 Å². The molecular weight excluding hydrogens is 402 g/mol. The second-order valence-corrected chi connectivity index (χ2v) is 10.3. The van der Waals surface area contributed by atoms with Crippen LogP contribution < -0.4 is 4.74 Å². The predicted molar refractivity (Wildman–Crippen MR) is 97.6 cm³/mol. The van der Waals surface area contributed by atoms with Crippen LogP contribution in [0.25, 0.3) is 0 Å². The van der Waals surface area contributed by atoms with Crippen LogP contribution >= 0.6 is 23.4 Å². The molecule has 1 saturated heterocycles. The van der Waals surface area contributed by atoms with Crippen molar-refractivity contribution in [1.82, 2.24) is 0 Å². The number of benzene rings is 2. The fourth-order valence-electron chi connectivity index (χ4n) is 3.82. The summed E-state index contributed by atoms with van der Waals surface area (Å²) < 4.78 is 60.4. The first kappa shape index (κ1) is 18.1. The average molecular weight is 417 g/mol. The monoisotopic (exact) mass is 416 g/mol. The maximum atomic E-state index is 14.8. The summed E-state index contributed by atoms with van der Waals surface area (Å²) in [6.45, 7) is 0.0187. The lowest BCUT2D eigenvalue weighted by Gasteiger charge is -2.46.